The molecule has 0 aromatic carbocycles. The highest BCUT2D eigenvalue weighted by atomic mass is 35.5. The zero-order valence-corrected chi connectivity index (χ0v) is 12.9. The van der Waals surface area contributed by atoms with E-state index in [-0.39, 0.29) is 5.28 Å². The maximum absolute atomic E-state index is 5.97. The summed E-state index contributed by atoms with van der Waals surface area (Å²) in [4.78, 5) is 14.9. The summed E-state index contributed by atoms with van der Waals surface area (Å²) in [6, 6.07) is 0. The van der Waals surface area contributed by atoms with Gasteiger partial charge in [0.1, 0.15) is 0 Å². The fourth-order valence-electron chi connectivity index (χ4n) is 2.26. The number of hydrogen-bond acceptors (Lipinski definition) is 6. The van der Waals surface area contributed by atoms with E-state index in [4.69, 9.17) is 16.3 Å². The van der Waals surface area contributed by atoms with Gasteiger partial charge in [-0.15, -0.1) is 0 Å². The molecule has 0 radical (unpaired) electrons. The van der Waals surface area contributed by atoms with Crippen molar-refractivity contribution in [3.63, 3.8) is 0 Å². The molecule has 2 heterocycles. The maximum Gasteiger partial charge on any atom is 0.231 e. The second-order valence-electron chi connectivity index (χ2n) is 4.80. The van der Waals surface area contributed by atoms with Gasteiger partial charge in [-0.05, 0) is 37.8 Å². The predicted octanol–water partition coefficient (Wildman–Crippen LogP) is 2.35. The molecule has 1 aliphatic heterocycles. The van der Waals surface area contributed by atoms with Gasteiger partial charge in [-0.1, -0.05) is 6.92 Å². The van der Waals surface area contributed by atoms with Crippen molar-refractivity contribution in [2.24, 2.45) is 0 Å². The van der Waals surface area contributed by atoms with Crippen LogP contribution in [0.4, 0.5) is 11.9 Å². The second-order valence-corrected chi connectivity index (χ2v) is 5.13. The van der Waals surface area contributed by atoms with Crippen molar-refractivity contribution in [3.05, 3.63) is 5.28 Å². The first-order valence-corrected chi connectivity index (χ1v) is 7.62. The fraction of sp³-hybridized carbons (Fsp3) is 0.769. The number of halogens is 1. The van der Waals surface area contributed by atoms with Crippen LogP contribution >= 0.6 is 11.6 Å². The van der Waals surface area contributed by atoms with E-state index in [0.29, 0.717) is 18.0 Å². The molecule has 0 spiro atoms. The molecule has 0 amide bonds. The first kappa shape index (κ1) is 15.3. The molecule has 1 aromatic rings. The van der Waals surface area contributed by atoms with E-state index < -0.39 is 0 Å². The van der Waals surface area contributed by atoms with Gasteiger partial charge in [-0.25, -0.2) is 0 Å². The Hall–Kier alpha value is -1.14. The van der Waals surface area contributed by atoms with Gasteiger partial charge in [0.2, 0.25) is 17.2 Å². The first-order chi connectivity index (χ1) is 9.72. The molecule has 0 atom stereocenters. The average Bonchev–Trinajstić information content (AvgIpc) is 2.46. The number of anilines is 2. The zero-order chi connectivity index (χ0) is 14.4. The van der Waals surface area contributed by atoms with Gasteiger partial charge >= 0.3 is 0 Å². The van der Waals surface area contributed by atoms with Crippen molar-refractivity contribution in [1.29, 1.82) is 0 Å². The summed E-state index contributed by atoms with van der Waals surface area (Å²) in [5, 5.41) is 3.38. The van der Waals surface area contributed by atoms with Crippen LogP contribution in [-0.4, -0.2) is 47.3 Å². The molecule has 1 aliphatic rings. The van der Waals surface area contributed by atoms with Crippen molar-refractivity contribution >= 4 is 23.5 Å². The summed E-state index contributed by atoms with van der Waals surface area (Å²) < 4.78 is 5.65. The monoisotopic (exact) mass is 299 g/mol. The van der Waals surface area contributed by atoms with Crippen molar-refractivity contribution < 1.29 is 4.74 Å². The largest absolute Gasteiger partial charge is 0.378 e. The summed E-state index contributed by atoms with van der Waals surface area (Å²) in [7, 11) is 0. The second kappa shape index (κ2) is 7.59. The SMILES string of the molecule is CCCNc1nc(Cl)nc(N2CCC(OCC)CC2)n1. The highest BCUT2D eigenvalue weighted by Crippen LogP contribution is 2.20. The van der Waals surface area contributed by atoms with Crippen LogP contribution in [0.2, 0.25) is 5.28 Å². The molecule has 20 heavy (non-hydrogen) atoms. The Bertz CT molecular complexity index is 423. The summed E-state index contributed by atoms with van der Waals surface area (Å²) in [5.41, 5.74) is 0. The molecule has 7 heteroatoms. The summed E-state index contributed by atoms with van der Waals surface area (Å²) >= 11 is 5.97. The smallest absolute Gasteiger partial charge is 0.231 e. The molecule has 0 bridgehead atoms. The number of ether oxygens (including phenoxy) is 1. The number of nitrogens with one attached hydrogen (secondary N) is 1. The van der Waals surface area contributed by atoms with Crippen LogP contribution in [-0.2, 0) is 4.74 Å². The molecule has 1 fully saturated rings. The third-order valence-corrected chi connectivity index (χ3v) is 3.43. The van der Waals surface area contributed by atoms with Crippen molar-refractivity contribution in [1.82, 2.24) is 15.0 Å². The van der Waals surface area contributed by atoms with Crippen molar-refractivity contribution in [3.8, 4) is 0 Å². The Balaban J connectivity index is 2.00. The lowest BCUT2D eigenvalue weighted by Gasteiger charge is -2.31. The van der Waals surface area contributed by atoms with Gasteiger partial charge in [0.25, 0.3) is 0 Å². The maximum atomic E-state index is 5.97. The zero-order valence-electron chi connectivity index (χ0n) is 12.1. The number of rotatable bonds is 6. The molecule has 2 rings (SSSR count). The summed E-state index contributed by atoms with van der Waals surface area (Å²) in [5.74, 6) is 1.20. The van der Waals surface area contributed by atoms with Gasteiger partial charge in [0, 0.05) is 26.2 Å². The quantitative estimate of drug-likeness (QED) is 0.870. The van der Waals surface area contributed by atoms with Crippen LogP contribution in [0.1, 0.15) is 33.1 Å². The Morgan fingerprint density at radius 2 is 2.00 bits per heavy atom. The lowest BCUT2D eigenvalue weighted by Crippen LogP contribution is -2.38. The Kier molecular flexibility index (Phi) is 5.79. The third-order valence-electron chi connectivity index (χ3n) is 3.26. The lowest BCUT2D eigenvalue weighted by molar-refractivity contribution is 0.0457. The van der Waals surface area contributed by atoms with Crippen LogP contribution in [0, 0.1) is 0 Å². The van der Waals surface area contributed by atoms with E-state index in [0.717, 1.165) is 45.5 Å². The molecule has 1 aromatic heterocycles. The molecule has 0 aliphatic carbocycles. The fourth-order valence-corrected chi connectivity index (χ4v) is 2.41. The van der Waals surface area contributed by atoms with Crippen molar-refractivity contribution in [2.45, 2.75) is 39.2 Å². The number of nitrogens with zero attached hydrogens (tertiary/aromatic N) is 4. The lowest BCUT2D eigenvalue weighted by atomic mass is 10.1. The van der Waals surface area contributed by atoms with Gasteiger partial charge in [0.15, 0.2) is 0 Å². The van der Waals surface area contributed by atoms with Gasteiger partial charge < -0.3 is 15.0 Å². The van der Waals surface area contributed by atoms with Crippen LogP contribution in [0.3, 0.4) is 0 Å². The minimum atomic E-state index is 0.237. The van der Waals surface area contributed by atoms with E-state index in [1.165, 1.54) is 0 Å². The predicted molar refractivity (Wildman–Crippen MR) is 80.5 cm³/mol. The van der Waals surface area contributed by atoms with E-state index in [1.807, 2.05) is 6.92 Å². The molecular formula is C13H22ClN5O. The first-order valence-electron chi connectivity index (χ1n) is 7.25. The van der Waals surface area contributed by atoms with Crippen LogP contribution in [0.25, 0.3) is 0 Å². The molecule has 0 saturated carbocycles. The Labute approximate surface area is 124 Å². The molecule has 1 saturated heterocycles. The van der Waals surface area contributed by atoms with Crippen molar-refractivity contribution in [2.75, 3.05) is 36.5 Å². The highest BCUT2D eigenvalue weighted by Gasteiger charge is 2.22. The van der Waals surface area contributed by atoms with Crippen LogP contribution in [0.5, 0.6) is 0 Å². The number of hydrogen-bond donors (Lipinski definition) is 1. The van der Waals surface area contributed by atoms with E-state index in [2.05, 4.69) is 32.1 Å². The van der Waals surface area contributed by atoms with Crippen LogP contribution < -0.4 is 10.2 Å². The van der Waals surface area contributed by atoms with Crippen LogP contribution in [0.15, 0.2) is 0 Å². The number of aromatic nitrogens is 3. The minimum absolute atomic E-state index is 0.237. The molecule has 6 nitrogen and oxygen atoms in total. The summed E-state index contributed by atoms with van der Waals surface area (Å²) in [6.45, 7) is 7.50. The standard InChI is InChI=1S/C13H22ClN5O/c1-3-7-15-12-16-11(14)17-13(18-12)19-8-5-10(6-9-19)20-4-2/h10H,3-9H2,1-2H3,(H,15,16,17,18). The van der Waals surface area contributed by atoms with E-state index >= 15 is 0 Å². The Morgan fingerprint density at radius 1 is 1.25 bits per heavy atom. The Morgan fingerprint density at radius 3 is 2.65 bits per heavy atom. The van der Waals surface area contributed by atoms with E-state index in [9.17, 15) is 0 Å². The topological polar surface area (TPSA) is 63.2 Å². The van der Waals surface area contributed by atoms with E-state index in [1.54, 1.807) is 0 Å². The minimum Gasteiger partial charge on any atom is -0.378 e. The third kappa shape index (κ3) is 4.18. The average molecular weight is 300 g/mol. The molecule has 0 unspecified atom stereocenters. The highest BCUT2D eigenvalue weighted by molar-refractivity contribution is 6.28. The van der Waals surface area contributed by atoms with Gasteiger partial charge in [0.05, 0.1) is 6.10 Å². The van der Waals surface area contributed by atoms with Gasteiger partial charge in [-0.2, -0.15) is 15.0 Å². The normalized spacial score (nSPS) is 16.4. The van der Waals surface area contributed by atoms with Gasteiger partial charge in [-0.3, -0.25) is 0 Å². The molecule has 1 N–H and O–H groups in total. The molecular weight excluding hydrogens is 278 g/mol. The number of piperidine rings is 1. The molecule has 112 valence electrons. The summed E-state index contributed by atoms with van der Waals surface area (Å²) in [6.07, 6.45) is 3.36.